The van der Waals surface area contributed by atoms with Gasteiger partial charge in [-0.3, -0.25) is 9.69 Å². The van der Waals surface area contributed by atoms with E-state index in [2.05, 4.69) is 6.92 Å². The Morgan fingerprint density at radius 3 is 2.19 bits per heavy atom. The second-order valence-electron chi connectivity index (χ2n) is 6.35. The van der Waals surface area contributed by atoms with E-state index in [1.54, 1.807) is 37.2 Å². The highest BCUT2D eigenvalue weighted by molar-refractivity contribution is 7.80. The Bertz CT molecular complexity index is 708. The standard InChI is InChI=1S/C20H28N2O4S/c1-6-7-8-9-10-22-19(23)15(21(2)20(22)27)11-14-12-16(24-3)18(26-5)17(13-14)25-4/h11-13H,6-10H2,1-5H3. The molecule has 0 aliphatic carbocycles. The van der Waals surface area contributed by atoms with Crippen LogP contribution in [0.1, 0.15) is 38.2 Å². The predicted octanol–water partition coefficient (Wildman–Crippen LogP) is 3.69. The Balaban J connectivity index is 2.30. The van der Waals surface area contributed by atoms with E-state index in [1.807, 2.05) is 19.2 Å². The predicted molar refractivity (Wildman–Crippen MR) is 110 cm³/mol. The highest BCUT2D eigenvalue weighted by Crippen LogP contribution is 2.39. The molecule has 1 aromatic carbocycles. The van der Waals surface area contributed by atoms with Crippen molar-refractivity contribution in [1.82, 2.24) is 9.80 Å². The largest absolute Gasteiger partial charge is 0.493 e. The number of carbonyl (C=O) groups excluding carboxylic acids is 1. The SMILES string of the molecule is CCCCCCN1C(=O)C(=Cc2cc(OC)c(OC)c(OC)c2)N(C)C1=S. The van der Waals surface area contributed by atoms with Gasteiger partial charge in [-0.05, 0) is 42.4 Å². The molecule has 6 nitrogen and oxygen atoms in total. The van der Waals surface area contributed by atoms with E-state index < -0.39 is 0 Å². The zero-order valence-electron chi connectivity index (χ0n) is 16.7. The van der Waals surface area contributed by atoms with Gasteiger partial charge in [0.1, 0.15) is 5.70 Å². The quantitative estimate of drug-likeness (QED) is 0.363. The van der Waals surface area contributed by atoms with E-state index in [9.17, 15) is 4.79 Å². The molecule has 1 aliphatic heterocycles. The van der Waals surface area contributed by atoms with Gasteiger partial charge in [0.05, 0.1) is 21.3 Å². The summed E-state index contributed by atoms with van der Waals surface area (Å²) < 4.78 is 16.1. The molecule has 0 radical (unpaired) electrons. The number of hydrogen-bond acceptors (Lipinski definition) is 5. The second-order valence-corrected chi connectivity index (χ2v) is 6.71. The molecule has 0 bridgehead atoms. The van der Waals surface area contributed by atoms with Gasteiger partial charge in [0.2, 0.25) is 5.75 Å². The molecule has 7 heteroatoms. The van der Waals surface area contributed by atoms with Crippen molar-refractivity contribution in [2.75, 3.05) is 34.9 Å². The fraction of sp³-hybridized carbons (Fsp3) is 0.500. The van der Waals surface area contributed by atoms with Gasteiger partial charge in [0.15, 0.2) is 16.6 Å². The van der Waals surface area contributed by atoms with Crippen LogP contribution in [0.5, 0.6) is 17.2 Å². The highest BCUT2D eigenvalue weighted by Gasteiger charge is 2.35. The zero-order valence-corrected chi connectivity index (χ0v) is 17.5. The lowest BCUT2D eigenvalue weighted by Crippen LogP contribution is -2.32. The van der Waals surface area contributed by atoms with Crippen molar-refractivity contribution in [2.45, 2.75) is 32.6 Å². The van der Waals surface area contributed by atoms with Crippen LogP contribution < -0.4 is 14.2 Å². The molecule has 1 saturated heterocycles. The van der Waals surface area contributed by atoms with E-state index in [0.717, 1.165) is 24.8 Å². The summed E-state index contributed by atoms with van der Waals surface area (Å²) in [4.78, 5) is 16.3. The first-order valence-electron chi connectivity index (χ1n) is 9.09. The second kappa shape index (κ2) is 9.60. The van der Waals surface area contributed by atoms with E-state index in [1.165, 1.54) is 6.42 Å². The van der Waals surface area contributed by atoms with Crippen LogP contribution in [0.15, 0.2) is 17.8 Å². The smallest absolute Gasteiger partial charge is 0.276 e. The lowest BCUT2D eigenvalue weighted by molar-refractivity contribution is -0.122. The monoisotopic (exact) mass is 392 g/mol. The van der Waals surface area contributed by atoms with Crippen LogP contribution in [0.4, 0.5) is 0 Å². The van der Waals surface area contributed by atoms with Gasteiger partial charge in [-0.1, -0.05) is 26.2 Å². The number of ether oxygens (including phenoxy) is 3. The molecule has 0 N–H and O–H groups in total. The number of rotatable bonds is 9. The van der Waals surface area contributed by atoms with Crippen molar-refractivity contribution >= 4 is 29.3 Å². The number of hydrogen-bond donors (Lipinski definition) is 0. The third-order valence-electron chi connectivity index (χ3n) is 4.57. The number of carbonyl (C=O) groups is 1. The summed E-state index contributed by atoms with van der Waals surface area (Å²) in [6.45, 7) is 2.81. The summed E-state index contributed by atoms with van der Waals surface area (Å²) in [6, 6.07) is 3.62. The molecule has 1 heterocycles. The van der Waals surface area contributed by atoms with Crippen LogP contribution in [0.3, 0.4) is 0 Å². The minimum Gasteiger partial charge on any atom is -0.493 e. The van der Waals surface area contributed by atoms with Crippen LogP contribution in [-0.2, 0) is 4.79 Å². The Morgan fingerprint density at radius 2 is 1.67 bits per heavy atom. The van der Waals surface area contributed by atoms with Crippen molar-refractivity contribution in [3.05, 3.63) is 23.4 Å². The maximum Gasteiger partial charge on any atom is 0.276 e. The number of methoxy groups -OCH3 is 3. The van der Waals surface area contributed by atoms with Crippen molar-refractivity contribution in [3.8, 4) is 17.2 Å². The number of thiocarbonyl (C=S) groups is 1. The molecule has 0 atom stereocenters. The number of benzene rings is 1. The number of nitrogens with zero attached hydrogens (tertiary/aromatic N) is 2. The molecule has 2 rings (SSSR count). The molecular weight excluding hydrogens is 364 g/mol. The molecule has 1 aromatic rings. The van der Waals surface area contributed by atoms with E-state index in [4.69, 9.17) is 26.4 Å². The van der Waals surface area contributed by atoms with Crippen molar-refractivity contribution in [1.29, 1.82) is 0 Å². The van der Waals surface area contributed by atoms with Gasteiger partial charge in [0, 0.05) is 13.6 Å². The zero-order chi connectivity index (χ0) is 20.0. The summed E-state index contributed by atoms with van der Waals surface area (Å²) in [5.74, 6) is 1.51. The molecule has 1 aliphatic rings. The molecule has 1 fully saturated rings. The first-order valence-corrected chi connectivity index (χ1v) is 9.50. The summed E-state index contributed by atoms with van der Waals surface area (Å²) in [6.07, 6.45) is 6.16. The third-order valence-corrected chi connectivity index (χ3v) is 5.06. The Hall–Kier alpha value is -2.28. The van der Waals surface area contributed by atoms with Crippen LogP contribution in [0, 0.1) is 0 Å². The Kier molecular flexibility index (Phi) is 7.47. The highest BCUT2D eigenvalue weighted by atomic mass is 32.1. The normalized spacial score (nSPS) is 15.7. The van der Waals surface area contributed by atoms with E-state index in [-0.39, 0.29) is 5.91 Å². The minimum absolute atomic E-state index is 0.0762. The van der Waals surface area contributed by atoms with E-state index in [0.29, 0.717) is 34.6 Å². The van der Waals surface area contributed by atoms with Gasteiger partial charge in [-0.15, -0.1) is 0 Å². The average molecular weight is 393 g/mol. The molecule has 0 saturated carbocycles. The fourth-order valence-electron chi connectivity index (χ4n) is 3.05. The molecule has 148 valence electrons. The summed E-state index contributed by atoms with van der Waals surface area (Å²) in [7, 11) is 6.50. The maximum absolute atomic E-state index is 12.9. The number of amides is 1. The third kappa shape index (κ3) is 4.53. The lowest BCUT2D eigenvalue weighted by Gasteiger charge is -2.16. The first-order chi connectivity index (χ1) is 13.0. The fourth-order valence-corrected chi connectivity index (χ4v) is 3.32. The van der Waals surface area contributed by atoms with Gasteiger partial charge in [0.25, 0.3) is 5.91 Å². The topological polar surface area (TPSA) is 51.2 Å². The Labute approximate surface area is 166 Å². The Morgan fingerprint density at radius 1 is 1.04 bits per heavy atom. The van der Waals surface area contributed by atoms with Crippen molar-refractivity contribution < 1.29 is 19.0 Å². The average Bonchev–Trinajstić information content (AvgIpc) is 2.88. The van der Waals surface area contributed by atoms with Crippen LogP contribution >= 0.6 is 12.2 Å². The lowest BCUT2D eigenvalue weighted by atomic mass is 10.1. The van der Waals surface area contributed by atoms with Crippen LogP contribution in [-0.4, -0.2) is 55.7 Å². The molecule has 1 amide bonds. The van der Waals surface area contributed by atoms with Gasteiger partial charge in [-0.25, -0.2) is 0 Å². The van der Waals surface area contributed by atoms with E-state index >= 15 is 0 Å². The van der Waals surface area contributed by atoms with Gasteiger partial charge >= 0.3 is 0 Å². The minimum atomic E-state index is -0.0762. The molecular formula is C20H28N2O4S. The summed E-state index contributed by atoms with van der Waals surface area (Å²) in [5.41, 5.74) is 1.31. The summed E-state index contributed by atoms with van der Waals surface area (Å²) in [5, 5.41) is 0.537. The maximum atomic E-state index is 12.9. The number of likely N-dealkylation sites (N-methyl/N-ethyl adjacent to an activating group) is 1. The van der Waals surface area contributed by atoms with Crippen molar-refractivity contribution in [2.24, 2.45) is 0 Å². The van der Waals surface area contributed by atoms with Gasteiger partial charge in [-0.2, -0.15) is 0 Å². The van der Waals surface area contributed by atoms with Gasteiger partial charge < -0.3 is 19.1 Å². The molecule has 0 unspecified atom stereocenters. The summed E-state index contributed by atoms with van der Waals surface area (Å²) >= 11 is 5.47. The van der Waals surface area contributed by atoms with Crippen LogP contribution in [0.25, 0.3) is 6.08 Å². The van der Waals surface area contributed by atoms with Crippen molar-refractivity contribution in [3.63, 3.8) is 0 Å². The first kappa shape index (κ1) is 21.0. The molecule has 0 aromatic heterocycles. The number of unbranched alkanes of at least 4 members (excludes halogenated alkanes) is 3. The molecule has 27 heavy (non-hydrogen) atoms. The molecule has 0 spiro atoms. The van der Waals surface area contributed by atoms with Crippen LogP contribution in [0.2, 0.25) is 0 Å².